The van der Waals surface area contributed by atoms with Gasteiger partial charge in [0.25, 0.3) is 0 Å². The summed E-state index contributed by atoms with van der Waals surface area (Å²) in [7, 11) is 0. The van der Waals surface area contributed by atoms with Crippen LogP contribution in [0.25, 0.3) is 0 Å². The van der Waals surface area contributed by atoms with Crippen LogP contribution in [0.5, 0.6) is 0 Å². The van der Waals surface area contributed by atoms with Crippen molar-refractivity contribution in [1.82, 2.24) is 0 Å². The first kappa shape index (κ1) is 68.6. The van der Waals surface area contributed by atoms with E-state index in [0.29, 0.717) is 19.3 Å². The van der Waals surface area contributed by atoms with E-state index in [2.05, 4.69) is 106 Å². The van der Waals surface area contributed by atoms with E-state index in [1.165, 1.54) is 148 Å². The molecular formula is C66H114O6. The largest absolute Gasteiger partial charge is 0.462 e. The molecular weight excluding hydrogens is 889 g/mol. The minimum atomic E-state index is -0.789. The zero-order valence-electron chi connectivity index (χ0n) is 47.4. The molecule has 0 aliphatic carbocycles. The maximum atomic E-state index is 12.8. The summed E-state index contributed by atoms with van der Waals surface area (Å²) in [6.07, 6.45) is 78.8. The summed E-state index contributed by atoms with van der Waals surface area (Å²) in [6, 6.07) is 0. The van der Waals surface area contributed by atoms with Crippen molar-refractivity contribution in [2.45, 2.75) is 303 Å². The smallest absolute Gasteiger partial charge is 0.306 e. The minimum Gasteiger partial charge on any atom is -0.462 e. The lowest BCUT2D eigenvalue weighted by atomic mass is 10.0. The van der Waals surface area contributed by atoms with Crippen molar-refractivity contribution in [1.29, 1.82) is 0 Å². The SMILES string of the molecule is CC/C=C\C/C=C\C/C=C\C/C=C\CCCCCCC(=O)OC(COC(=O)CCCCCCCCCCCC)COC(=O)CCCCCCCCCCCCCC/C=C\C/C=C\C/C=C\CCCCCCC. The van der Waals surface area contributed by atoms with E-state index in [1.54, 1.807) is 0 Å². The molecule has 72 heavy (non-hydrogen) atoms. The van der Waals surface area contributed by atoms with Crippen molar-refractivity contribution >= 4 is 17.9 Å². The van der Waals surface area contributed by atoms with Crippen molar-refractivity contribution in [2.24, 2.45) is 0 Å². The molecule has 6 heteroatoms. The standard InChI is InChI=1S/C66H114O6/c1-4-7-10-13-16-19-22-24-26-28-29-30-31-32-33-34-35-36-37-39-40-42-44-47-50-53-56-59-65(68)71-62-63(61-70-64(67)58-55-52-49-46-21-18-15-12-9-6-3)72-66(69)60-57-54-51-48-45-43-41-38-27-25-23-20-17-14-11-8-5-2/h8,11,17,20,22,24-25,27-29,31-32,41,43,63H,4-7,9-10,12-16,18-19,21,23,26,30,33-40,42,44-62H2,1-3H3/b11-8-,20-17-,24-22-,27-25-,29-28-,32-31-,43-41-. The first-order valence-electron chi connectivity index (χ1n) is 30.6. The van der Waals surface area contributed by atoms with Gasteiger partial charge in [-0.15, -0.1) is 0 Å². The van der Waals surface area contributed by atoms with Crippen LogP contribution in [0.3, 0.4) is 0 Å². The van der Waals surface area contributed by atoms with E-state index in [9.17, 15) is 14.4 Å². The van der Waals surface area contributed by atoms with Crippen molar-refractivity contribution in [3.63, 3.8) is 0 Å². The third kappa shape index (κ3) is 57.5. The molecule has 0 saturated heterocycles. The minimum absolute atomic E-state index is 0.0849. The van der Waals surface area contributed by atoms with Gasteiger partial charge in [0.1, 0.15) is 13.2 Å². The third-order valence-corrected chi connectivity index (χ3v) is 13.1. The lowest BCUT2D eigenvalue weighted by Crippen LogP contribution is -2.30. The Labute approximate surface area is 445 Å². The number of allylic oxidation sites excluding steroid dienone is 14. The molecule has 0 amide bonds. The molecule has 0 rings (SSSR count). The molecule has 414 valence electrons. The number of carbonyl (C=O) groups is 3. The fourth-order valence-corrected chi connectivity index (χ4v) is 8.56. The van der Waals surface area contributed by atoms with E-state index < -0.39 is 6.10 Å². The highest BCUT2D eigenvalue weighted by molar-refractivity contribution is 5.71. The van der Waals surface area contributed by atoms with Crippen molar-refractivity contribution < 1.29 is 28.6 Å². The molecule has 0 aromatic rings. The molecule has 1 unspecified atom stereocenters. The number of rotatable bonds is 55. The van der Waals surface area contributed by atoms with Crippen LogP contribution < -0.4 is 0 Å². The van der Waals surface area contributed by atoms with Gasteiger partial charge < -0.3 is 14.2 Å². The number of carbonyl (C=O) groups excluding carboxylic acids is 3. The molecule has 1 atom stereocenters. The molecule has 0 aromatic heterocycles. The van der Waals surface area contributed by atoms with Gasteiger partial charge in [-0.2, -0.15) is 0 Å². The van der Waals surface area contributed by atoms with E-state index >= 15 is 0 Å². The van der Waals surface area contributed by atoms with E-state index in [1.807, 2.05) is 0 Å². The highest BCUT2D eigenvalue weighted by Gasteiger charge is 2.19. The van der Waals surface area contributed by atoms with Gasteiger partial charge in [-0.05, 0) is 96.3 Å². The van der Waals surface area contributed by atoms with Crippen LogP contribution >= 0.6 is 0 Å². The maximum absolute atomic E-state index is 12.8. The van der Waals surface area contributed by atoms with Crippen LogP contribution in [0.4, 0.5) is 0 Å². The summed E-state index contributed by atoms with van der Waals surface area (Å²) in [6.45, 7) is 6.50. The van der Waals surface area contributed by atoms with Gasteiger partial charge in [0, 0.05) is 19.3 Å². The summed E-state index contributed by atoms with van der Waals surface area (Å²) in [5, 5.41) is 0. The second-order valence-corrected chi connectivity index (χ2v) is 20.2. The average Bonchev–Trinajstić information content (AvgIpc) is 3.38. The Morgan fingerprint density at radius 1 is 0.292 bits per heavy atom. The molecule has 0 spiro atoms. The second-order valence-electron chi connectivity index (χ2n) is 20.2. The Morgan fingerprint density at radius 2 is 0.542 bits per heavy atom. The maximum Gasteiger partial charge on any atom is 0.306 e. The lowest BCUT2D eigenvalue weighted by Gasteiger charge is -2.18. The van der Waals surface area contributed by atoms with E-state index in [4.69, 9.17) is 14.2 Å². The van der Waals surface area contributed by atoms with Gasteiger partial charge >= 0.3 is 17.9 Å². The normalized spacial score (nSPS) is 12.7. The van der Waals surface area contributed by atoms with Gasteiger partial charge in [0.05, 0.1) is 0 Å². The van der Waals surface area contributed by atoms with Crippen LogP contribution in [-0.2, 0) is 28.6 Å². The van der Waals surface area contributed by atoms with Gasteiger partial charge in [0.2, 0.25) is 0 Å². The number of ether oxygens (including phenoxy) is 3. The van der Waals surface area contributed by atoms with E-state index in [0.717, 1.165) is 109 Å². The summed E-state index contributed by atoms with van der Waals surface area (Å²) in [4.78, 5) is 38.1. The van der Waals surface area contributed by atoms with Crippen LogP contribution in [0.1, 0.15) is 297 Å². The molecule has 0 aliphatic rings. The molecule has 0 N–H and O–H groups in total. The summed E-state index contributed by atoms with van der Waals surface area (Å²) in [5.74, 6) is -0.904. The van der Waals surface area contributed by atoms with Gasteiger partial charge in [-0.3, -0.25) is 14.4 Å². The molecule has 6 nitrogen and oxygen atoms in total. The zero-order valence-corrected chi connectivity index (χ0v) is 47.4. The fourth-order valence-electron chi connectivity index (χ4n) is 8.56. The van der Waals surface area contributed by atoms with Crippen molar-refractivity contribution in [2.75, 3.05) is 13.2 Å². The predicted molar refractivity (Wildman–Crippen MR) is 311 cm³/mol. The number of unbranched alkanes of at least 4 members (excludes halogenated alkanes) is 30. The van der Waals surface area contributed by atoms with Crippen LogP contribution in [0, 0.1) is 0 Å². The highest BCUT2D eigenvalue weighted by atomic mass is 16.6. The summed E-state index contributed by atoms with van der Waals surface area (Å²) >= 11 is 0. The average molecular weight is 1000 g/mol. The molecule has 0 saturated carbocycles. The Balaban J connectivity index is 4.25. The Hall–Kier alpha value is -3.41. The monoisotopic (exact) mass is 1000 g/mol. The number of hydrogen-bond donors (Lipinski definition) is 0. The van der Waals surface area contributed by atoms with Crippen LogP contribution in [0.15, 0.2) is 85.1 Å². The summed E-state index contributed by atoms with van der Waals surface area (Å²) in [5.41, 5.74) is 0. The zero-order chi connectivity index (χ0) is 52.2. The third-order valence-electron chi connectivity index (χ3n) is 13.1. The Morgan fingerprint density at radius 3 is 0.847 bits per heavy atom. The Kier molecular flexibility index (Phi) is 57.3. The van der Waals surface area contributed by atoms with Gasteiger partial charge in [0.15, 0.2) is 6.10 Å². The topological polar surface area (TPSA) is 78.9 Å². The predicted octanol–water partition coefficient (Wildman–Crippen LogP) is 20.7. The highest BCUT2D eigenvalue weighted by Crippen LogP contribution is 2.16. The summed E-state index contributed by atoms with van der Waals surface area (Å²) < 4.78 is 16.8. The second kappa shape index (κ2) is 60.1. The van der Waals surface area contributed by atoms with E-state index in [-0.39, 0.29) is 31.1 Å². The van der Waals surface area contributed by atoms with Crippen LogP contribution in [-0.4, -0.2) is 37.2 Å². The molecule has 0 aromatic carbocycles. The number of esters is 3. The van der Waals surface area contributed by atoms with Crippen LogP contribution in [0.2, 0.25) is 0 Å². The molecule has 0 radical (unpaired) electrons. The lowest BCUT2D eigenvalue weighted by molar-refractivity contribution is -0.167. The molecule has 0 fully saturated rings. The Bertz CT molecular complexity index is 1380. The van der Waals surface area contributed by atoms with Crippen molar-refractivity contribution in [3.8, 4) is 0 Å². The molecule has 0 aliphatic heterocycles. The quantitative estimate of drug-likeness (QED) is 0.0261. The molecule has 0 heterocycles. The first-order valence-corrected chi connectivity index (χ1v) is 30.6. The van der Waals surface area contributed by atoms with Crippen molar-refractivity contribution in [3.05, 3.63) is 85.1 Å². The molecule has 0 bridgehead atoms. The number of hydrogen-bond acceptors (Lipinski definition) is 6. The van der Waals surface area contributed by atoms with Gasteiger partial charge in [-0.25, -0.2) is 0 Å². The fraction of sp³-hybridized carbons (Fsp3) is 0.742. The van der Waals surface area contributed by atoms with Gasteiger partial charge in [-0.1, -0.05) is 266 Å². The first-order chi connectivity index (χ1) is 35.5.